The number of hydrogen-bond acceptors (Lipinski definition) is 5. The summed E-state index contributed by atoms with van der Waals surface area (Å²) in [5.41, 5.74) is 10.4. The number of hydrogen-bond donors (Lipinski definition) is 3. The lowest BCUT2D eigenvalue weighted by molar-refractivity contribution is -0.121. The second kappa shape index (κ2) is 16.3. The Balaban J connectivity index is 1.01. The quantitative estimate of drug-likeness (QED) is 0.113. The zero-order valence-corrected chi connectivity index (χ0v) is 28.5. The Morgan fingerprint density at radius 2 is 1.56 bits per heavy atom. The van der Waals surface area contributed by atoms with E-state index >= 15 is 0 Å². The molecule has 3 amide bonds. The molecule has 0 spiro atoms. The number of aliphatic hydroxyl groups is 1. The third-order valence-corrected chi connectivity index (χ3v) is 9.31. The van der Waals surface area contributed by atoms with Gasteiger partial charge in [0.2, 0.25) is 11.8 Å². The lowest BCUT2D eigenvalue weighted by atomic mass is 9.95. The van der Waals surface area contributed by atoms with Crippen molar-refractivity contribution in [2.45, 2.75) is 57.9 Å². The Morgan fingerprint density at radius 3 is 2.40 bits per heavy atom. The average Bonchev–Trinajstić information content (AvgIpc) is 3.42. The standard InChI is InChI=1S/C42H43N3O5/c1-29-16-20-34-35-21-17-30(9-8-14-40(47)43-23-24-46)26-37(35)38(36(34)25-29)28-50-42(49)44-22-7-6-15-41(48)45-27-33-12-3-2-10-31(33)18-19-32-11-4-5-13-39(32)45/h2-5,10-13,16-17,20-21,25-26,38,46H,6-9,14-15,22-24,27-28H2,1H3,(H,43,47)(H,44,49). The van der Waals surface area contributed by atoms with Crippen LogP contribution in [0.4, 0.5) is 10.5 Å². The first kappa shape index (κ1) is 34.5. The van der Waals surface area contributed by atoms with Crippen LogP contribution >= 0.6 is 0 Å². The summed E-state index contributed by atoms with van der Waals surface area (Å²) in [6, 6.07) is 28.5. The van der Waals surface area contributed by atoms with E-state index in [9.17, 15) is 14.4 Å². The number of benzene rings is 4. The molecule has 4 aromatic rings. The van der Waals surface area contributed by atoms with Crippen LogP contribution in [0.2, 0.25) is 0 Å². The summed E-state index contributed by atoms with van der Waals surface area (Å²) in [5, 5.41) is 14.5. The number of rotatable bonds is 13. The van der Waals surface area contributed by atoms with Gasteiger partial charge in [-0.1, -0.05) is 84.1 Å². The fraction of sp³-hybridized carbons (Fsp3) is 0.310. The number of alkyl carbamates (subject to hydrolysis) is 1. The van der Waals surface area contributed by atoms with Crippen molar-refractivity contribution in [3.63, 3.8) is 0 Å². The van der Waals surface area contributed by atoms with Crippen LogP contribution in [0.3, 0.4) is 0 Å². The molecule has 2 aliphatic rings. The fourth-order valence-electron chi connectivity index (χ4n) is 6.75. The van der Waals surface area contributed by atoms with E-state index in [4.69, 9.17) is 9.84 Å². The molecule has 1 aliphatic carbocycles. The van der Waals surface area contributed by atoms with Gasteiger partial charge in [-0.3, -0.25) is 9.59 Å². The van der Waals surface area contributed by atoms with E-state index in [2.05, 4.69) is 65.8 Å². The molecule has 1 aliphatic heterocycles. The lowest BCUT2D eigenvalue weighted by Gasteiger charge is -2.26. The predicted molar refractivity (Wildman–Crippen MR) is 195 cm³/mol. The summed E-state index contributed by atoms with van der Waals surface area (Å²) in [5.74, 6) is 6.36. The molecule has 8 nitrogen and oxygen atoms in total. The van der Waals surface area contributed by atoms with Crippen molar-refractivity contribution in [2.75, 3.05) is 31.2 Å². The Kier molecular flexibility index (Phi) is 11.3. The van der Waals surface area contributed by atoms with E-state index in [1.165, 1.54) is 0 Å². The second-order valence-corrected chi connectivity index (χ2v) is 12.9. The highest BCUT2D eigenvalue weighted by Gasteiger charge is 2.30. The summed E-state index contributed by atoms with van der Waals surface area (Å²) in [7, 11) is 0. The van der Waals surface area contributed by atoms with E-state index in [0.717, 1.165) is 62.2 Å². The SMILES string of the molecule is Cc1ccc2c(c1)C(COC(=O)NCCCCC(=O)N1Cc3ccccc3C#Cc3ccccc31)c1cc(CCCC(=O)NCCO)ccc1-2. The number of nitrogens with one attached hydrogen (secondary N) is 2. The summed E-state index contributed by atoms with van der Waals surface area (Å²) >= 11 is 0. The van der Waals surface area contributed by atoms with E-state index in [0.29, 0.717) is 45.2 Å². The summed E-state index contributed by atoms with van der Waals surface area (Å²) < 4.78 is 5.78. The van der Waals surface area contributed by atoms with E-state index < -0.39 is 6.09 Å². The van der Waals surface area contributed by atoms with Gasteiger partial charge in [0.1, 0.15) is 6.61 Å². The van der Waals surface area contributed by atoms with Gasteiger partial charge in [0.15, 0.2) is 0 Å². The Hall–Kier alpha value is -5.39. The van der Waals surface area contributed by atoms with Crippen molar-refractivity contribution in [3.8, 4) is 23.0 Å². The minimum Gasteiger partial charge on any atom is -0.449 e. The molecule has 0 radical (unpaired) electrons. The maximum Gasteiger partial charge on any atom is 0.407 e. The van der Waals surface area contributed by atoms with Crippen LogP contribution in [0, 0.1) is 18.8 Å². The number of aliphatic hydroxyl groups excluding tert-OH is 1. The largest absolute Gasteiger partial charge is 0.449 e. The monoisotopic (exact) mass is 669 g/mol. The predicted octanol–water partition coefficient (Wildman–Crippen LogP) is 6.38. The minimum absolute atomic E-state index is 0.0247. The maximum atomic E-state index is 13.5. The van der Waals surface area contributed by atoms with Crippen molar-refractivity contribution in [1.29, 1.82) is 0 Å². The van der Waals surface area contributed by atoms with Crippen molar-refractivity contribution >= 4 is 23.6 Å². The Bertz CT molecular complexity index is 1940. The molecule has 50 heavy (non-hydrogen) atoms. The topological polar surface area (TPSA) is 108 Å². The number of carbonyl (C=O) groups excluding carboxylic acids is 3. The lowest BCUT2D eigenvalue weighted by Crippen LogP contribution is -2.32. The van der Waals surface area contributed by atoms with Gasteiger partial charge in [-0.2, -0.15) is 0 Å². The van der Waals surface area contributed by atoms with Crippen molar-refractivity contribution in [1.82, 2.24) is 10.6 Å². The number of fused-ring (bicyclic) bond motifs is 5. The number of amides is 3. The zero-order chi connectivity index (χ0) is 34.9. The van der Waals surface area contributed by atoms with Crippen molar-refractivity contribution < 1.29 is 24.2 Å². The second-order valence-electron chi connectivity index (χ2n) is 12.9. The molecule has 0 bridgehead atoms. The normalized spacial score (nSPS) is 13.7. The fourth-order valence-corrected chi connectivity index (χ4v) is 6.75. The number of para-hydroxylation sites is 1. The number of ether oxygens (including phenoxy) is 1. The molecule has 3 N–H and O–H groups in total. The first-order valence-corrected chi connectivity index (χ1v) is 17.4. The van der Waals surface area contributed by atoms with Crippen LogP contribution in [0.15, 0.2) is 84.9 Å². The van der Waals surface area contributed by atoms with Crippen LogP contribution in [0.25, 0.3) is 11.1 Å². The summed E-state index contributed by atoms with van der Waals surface area (Å²) in [6.07, 6.45) is 2.99. The molecular weight excluding hydrogens is 626 g/mol. The number of aryl methyl sites for hydroxylation is 2. The van der Waals surface area contributed by atoms with Crippen LogP contribution in [-0.4, -0.2) is 49.3 Å². The molecule has 1 unspecified atom stereocenters. The van der Waals surface area contributed by atoms with Crippen molar-refractivity contribution in [3.05, 3.63) is 124 Å². The molecule has 6 rings (SSSR count). The summed E-state index contributed by atoms with van der Waals surface area (Å²) in [6.45, 7) is 3.34. The van der Waals surface area contributed by atoms with Crippen LogP contribution < -0.4 is 15.5 Å². The van der Waals surface area contributed by atoms with Gasteiger partial charge in [0, 0.05) is 43.0 Å². The van der Waals surface area contributed by atoms with E-state index in [1.807, 2.05) is 53.4 Å². The van der Waals surface area contributed by atoms with Crippen LogP contribution in [-0.2, 0) is 27.3 Å². The minimum atomic E-state index is -0.475. The number of nitrogens with zero attached hydrogens (tertiary/aromatic N) is 1. The molecule has 4 aromatic carbocycles. The highest BCUT2D eigenvalue weighted by molar-refractivity contribution is 5.95. The van der Waals surface area contributed by atoms with E-state index in [-0.39, 0.29) is 37.5 Å². The molecule has 0 saturated carbocycles. The van der Waals surface area contributed by atoms with Gasteiger partial charge in [-0.15, -0.1) is 0 Å². The molecule has 256 valence electrons. The van der Waals surface area contributed by atoms with Gasteiger partial charge in [0.25, 0.3) is 0 Å². The smallest absolute Gasteiger partial charge is 0.407 e. The molecule has 1 atom stereocenters. The summed E-state index contributed by atoms with van der Waals surface area (Å²) in [4.78, 5) is 40.1. The van der Waals surface area contributed by atoms with Gasteiger partial charge < -0.3 is 25.4 Å². The molecular formula is C42H43N3O5. The van der Waals surface area contributed by atoms with Gasteiger partial charge >= 0.3 is 6.09 Å². The first-order valence-electron chi connectivity index (χ1n) is 17.4. The van der Waals surface area contributed by atoms with Gasteiger partial charge in [-0.05, 0) is 84.2 Å². The average molecular weight is 670 g/mol. The molecule has 0 saturated heterocycles. The highest BCUT2D eigenvalue weighted by Crippen LogP contribution is 2.45. The Labute approximate surface area is 293 Å². The van der Waals surface area contributed by atoms with E-state index in [1.54, 1.807) is 0 Å². The van der Waals surface area contributed by atoms with Crippen LogP contribution in [0.1, 0.15) is 77.0 Å². The van der Waals surface area contributed by atoms with Crippen LogP contribution in [0.5, 0.6) is 0 Å². The third-order valence-electron chi connectivity index (χ3n) is 9.31. The molecule has 0 fully saturated rings. The third kappa shape index (κ3) is 8.24. The van der Waals surface area contributed by atoms with Crippen molar-refractivity contribution in [2.24, 2.45) is 0 Å². The number of carbonyl (C=O) groups is 3. The molecule has 8 heteroatoms. The van der Waals surface area contributed by atoms with Gasteiger partial charge in [-0.25, -0.2) is 4.79 Å². The maximum absolute atomic E-state index is 13.5. The van der Waals surface area contributed by atoms with Gasteiger partial charge in [0.05, 0.1) is 18.8 Å². The number of unbranched alkanes of at least 4 members (excludes halogenated alkanes) is 1. The first-order chi connectivity index (χ1) is 24.4. The molecule has 1 heterocycles. The molecule has 0 aromatic heterocycles. The zero-order valence-electron chi connectivity index (χ0n) is 28.5. The Morgan fingerprint density at radius 1 is 0.820 bits per heavy atom. The highest BCUT2D eigenvalue weighted by atomic mass is 16.5. The number of anilines is 1.